The van der Waals surface area contributed by atoms with Crippen LogP contribution in [0.15, 0.2) is 23.7 Å². The van der Waals surface area contributed by atoms with Crippen LogP contribution in [0, 0.1) is 6.92 Å². The van der Waals surface area contributed by atoms with Gasteiger partial charge >= 0.3 is 6.18 Å². The first-order valence-electron chi connectivity index (χ1n) is 5.37. The van der Waals surface area contributed by atoms with Crippen molar-refractivity contribution in [2.24, 2.45) is 0 Å². The number of nitrogens with one attached hydrogen (secondary N) is 1. The van der Waals surface area contributed by atoms with Gasteiger partial charge < -0.3 is 5.32 Å². The zero-order chi connectivity index (χ0) is 14.9. The van der Waals surface area contributed by atoms with Gasteiger partial charge in [0.05, 0.1) is 5.51 Å². The topological polar surface area (TPSA) is 42.0 Å². The maximum atomic E-state index is 12.7. The van der Waals surface area contributed by atoms with E-state index < -0.39 is 22.7 Å². The second-order valence-electron chi connectivity index (χ2n) is 3.94. The molecule has 3 nitrogen and oxygen atoms in total. The number of amides is 1. The van der Waals surface area contributed by atoms with Crippen LogP contribution in [0.1, 0.15) is 20.9 Å². The first kappa shape index (κ1) is 14.8. The molecule has 0 aliphatic heterocycles. The molecule has 0 aliphatic carbocycles. The highest BCUT2D eigenvalue weighted by atomic mass is 35.5. The second-order valence-corrected chi connectivity index (χ2v) is 5.23. The summed E-state index contributed by atoms with van der Waals surface area (Å²) in [5.41, 5.74) is 0.878. The van der Waals surface area contributed by atoms with Crippen molar-refractivity contribution in [3.05, 3.63) is 44.9 Å². The van der Waals surface area contributed by atoms with Gasteiger partial charge in [0, 0.05) is 10.7 Å². The molecule has 1 aromatic heterocycles. The van der Waals surface area contributed by atoms with Gasteiger partial charge in [-0.1, -0.05) is 11.6 Å². The van der Waals surface area contributed by atoms with Crippen molar-refractivity contribution in [3.8, 4) is 0 Å². The number of nitrogens with zero attached hydrogens (tertiary/aromatic N) is 1. The fourth-order valence-electron chi connectivity index (χ4n) is 1.56. The largest absolute Gasteiger partial charge is 0.434 e. The van der Waals surface area contributed by atoms with Crippen molar-refractivity contribution in [1.82, 2.24) is 4.98 Å². The third-order valence-corrected chi connectivity index (χ3v) is 3.54. The van der Waals surface area contributed by atoms with Gasteiger partial charge in [-0.15, -0.1) is 11.3 Å². The molecule has 1 aromatic carbocycles. The van der Waals surface area contributed by atoms with E-state index in [9.17, 15) is 18.0 Å². The Hall–Kier alpha value is -1.60. The maximum Gasteiger partial charge on any atom is 0.434 e. The number of carbonyl (C=O) groups excluding carboxylic acids is 1. The fraction of sp³-hybridized carbons (Fsp3) is 0.167. The molecule has 0 saturated carbocycles. The van der Waals surface area contributed by atoms with Crippen LogP contribution in [0.2, 0.25) is 5.02 Å². The van der Waals surface area contributed by atoms with Crippen LogP contribution in [-0.4, -0.2) is 10.9 Å². The SMILES string of the molecule is Cc1cc(Cl)ccc1NC(=O)c1scnc1C(F)(F)F. The lowest BCUT2D eigenvalue weighted by molar-refractivity contribution is -0.141. The standard InChI is InChI=1S/C12H8ClF3N2OS/c1-6-4-7(13)2-3-8(6)18-11(19)9-10(12(14,15)16)17-5-20-9/h2-5H,1H3,(H,18,19). The van der Waals surface area contributed by atoms with Crippen molar-refractivity contribution >= 4 is 34.5 Å². The number of anilines is 1. The van der Waals surface area contributed by atoms with Crippen LogP contribution in [0.5, 0.6) is 0 Å². The Morgan fingerprint density at radius 1 is 1.40 bits per heavy atom. The van der Waals surface area contributed by atoms with Crippen molar-refractivity contribution in [2.45, 2.75) is 13.1 Å². The van der Waals surface area contributed by atoms with E-state index in [0.29, 0.717) is 27.6 Å². The summed E-state index contributed by atoms with van der Waals surface area (Å²) in [5, 5.41) is 2.91. The molecule has 0 unspecified atom stereocenters. The molecule has 2 rings (SSSR count). The van der Waals surface area contributed by atoms with Crippen LogP contribution in [0.3, 0.4) is 0 Å². The molecule has 1 heterocycles. The van der Waals surface area contributed by atoms with Crippen LogP contribution >= 0.6 is 22.9 Å². The number of thiazole rings is 1. The number of benzene rings is 1. The zero-order valence-corrected chi connectivity index (χ0v) is 11.7. The first-order valence-corrected chi connectivity index (χ1v) is 6.63. The van der Waals surface area contributed by atoms with Gasteiger partial charge in [0.25, 0.3) is 5.91 Å². The molecular weight excluding hydrogens is 313 g/mol. The highest BCUT2D eigenvalue weighted by Gasteiger charge is 2.38. The summed E-state index contributed by atoms with van der Waals surface area (Å²) < 4.78 is 38.0. The lowest BCUT2D eigenvalue weighted by Crippen LogP contribution is -2.17. The number of halogens is 4. The van der Waals surface area contributed by atoms with E-state index in [1.807, 2.05) is 0 Å². The van der Waals surface area contributed by atoms with Gasteiger partial charge in [0.2, 0.25) is 0 Å². The summed E-state index contributed by atoms with van der Waals surface area (Å²) in [6, 6.07) is 4.68. The number of alkyl halides is 3. The highest BCUT2D eigenvalue weighted by Crippen LogP contribution is 2.33. The predicted octanol–water partition coefficient (Wildman–Crippen LogP) is 4.38. The van der Waals surface area contributed by atoms with E-state index in [-0.39, 0.29) is 0 Å². The van der Waals surface area contributed by atoms with Gasteiger partial charge in [-0.05, 0) is 30.7 Å². The van der Waals surface area contributed by atoms with Crippen molar-refractivity contribution < 1.29 is 18.0 Å². The number of hydrogen-bond acceptors (Lipinski definition) is 3. The Morgan fingerprint density at radius 2 is 2.10 bits per heavy atom. The lowest BCUT2D eigenvalue weighted by Gasteiger charge is -2.09. The van der Waals surface area contributed by atoms with E-state index >= 15 is 0 Å². The number of carbonyl (C=O) groups is 1. The quantitative estimate of drug-likeness (QED) is 0.892. The number of aryl methyl sites for hydroxylation is 1. The van der Waals surface area contributed by atoms with Crippen LogP contribution < -0.4 is 5.32 Å². The van der Waals surface area contributed by atoms with Gasteiger partial charge in [-0.2, -0.15) is 13.2 Å². The average molecular weight is 321 g/mol. The number of rotatable bonds is 2. The average Bonchev–Trinajstić information content (AvgIpc) is 2.81. The summed E-state index contributed by atoms with van der Waals surface area (Å²) in [5.74, 6) is -0.842. The van der Waals surface area contributed by atoms with E-state index in [1.54, 1.807) is 19.1 Å². The van der Waals surface area contributed by atoms with Gasteiger partial charge in [-0.3, -0.25) is 4.79 Å². The first-order chi connectivity index (χ1) is 9.29. The Morgan fingerprint density at radius 3 is 2.70 bits per heavy atom. The Kier molecular flexibility index (Phi) is 4.01. The maximum absolute atomic E-state index is 12.7. The molecule has 0 spiro atoms. The van der Waals surface area contributed by atoms with Crippen LogP contribution in [-0.2, 0) is 6.18 Å². The predicted molar refractivity (Wildman–Crippen MR) is 71.3 cm³/mol. The molecular formula is C12H8ClF3N2OS. The molecule has 0 radical (unpaired) electrons. The molecule has 0 saturated heterocycles. The molecule has 106 valence electrons. The normalized spacial score (nSPS) is 11.4. The molecule has 2 aromatic rings. The Labute approximate surface area is 121 Å². The summed E-state index contributed by atoms with van der Waals surface area (Å²) in [4.78, 5) is 14.6. The lowest BCUT2D eigenvalue weighted by atomic mass is 10.2. The smallest absolute Gasteiger partial charge is 0.321 e. The van der Waals surface area contributed by atoms with Gasteiger partial charge in [0.15, 0.2) is 5.69 Å². The highest BCUT2D eigenvalue weighted by molar-refractivity contribution is 7.12. The monoisotopic (exact) mass is 320 g/mol. The van der Waals surface area contributed by atoms with E-state index in [4.69, 9.17) is 11.6 Å². The summed E-state index contributed by atoms with van der Waals surface area (Å²) >= 11 is 6.41. The zero-order valence-electron chi connectivity index (χ0n) is 10.1. The molecule has 1 N–H and O–H groups in total. The minimum absolute atomic E-state index is 0.404. The summed E-state index contributed by atoms with van der Waals surface area (Å²) in [6.07, 6.45) is -4.65. The molecule has 0 atom stereocenters. The molecule has 1 amide bonds. The van der Waals surface area contributed by atoms with Gasteiger partial charge in [-0.25, -0.2) is 4.98 Å². The molecule has 0 fully saturated rings. The third kappa shape index (κ3) is 3.10. The minimum atomic E-state index is -4.65. The summed E-state index contributed by atoms with van der Waals surface area (Å²) in [7, 11) is 0. The molecule has 0 bridgehead atoms. The van der Waals surface area contributed by atoms with Crippen LogP contribution in [0.4, 0.5) is 18.9 Å². The molecule has 0 aliphatic rings. The minimum Gasteiger partial charge on any atom is -0.321 e. The third-order valence-electron chi connectivity index (χ3n) is 2.48. The number of aromatic nitrogens is 1. The number of hydrogen-bond donors (Lipinski definition) is 1. The van der Waals surface area contributed by atoms with E-state index in [1.165, 1.54) is 6.07 Å². The molecule has 20 heavy (non-hydrogen) atoms. The fourth-order valence-corrected chi connectivity index (χ4v) is 2.48. The molecule has 8 heteroatoms. The van der Waals surface area contributed by atoms with Crippen molar-refractivity contribution in [1.29, 1.82) is 0 Å². The second kappa shape index (κ2) is 5.41. The Bertz CT molecular complexity index is 654. The van der Waals surface area contributed by atoms with E-state index in [2.05, 4.69) is 10.3 Å². The summed E-state index contributed by atoms with van der Waals surface area (Å²) in [6.45, 7) is 1.69. The van der Waals surface area contributed by atoms with Crippen LogP contribution in [0.25, 0.3) is 0 Å². The van der Waals surface area contributed by atoms with E-state index in [0.717, 1.165) is 5.51 Å². The van der Waals surface area contributed by atoms with Gasteiger partial charge in [0.1, 0.15) is 4.88 Å². The van der Waals surface area contributed by atoms with Crippen molar-refractivity contribution in [3.63, 3.8) is 0 Å². The van der Waals surface area contributed by atoms with Crippen molar-refractivity contribution in [2.75, 3.05) is 5.32 Å². The Balaban J connectivity index is 2.27.